The highest BCUT2D eigenvalue weighted by Crippen LogP contribution is 2.07. The van der Waals surface area contributed by atoms with Gasteiger partial charge in [0, 0.05) is 6.54 Å². The first-order valence-corrected chi connectivity index (χ1v) is 5.28. The van der Waals surface area contributed by atoms with Crippen molar-refractivity contribution in [3.05, 3.63) is 0 Å². The molecule has 7 nitrogen and oxygen atoms in total. The third-order valence-electron chi connectivity index (χ3n) is 2.65. The number of hydrogen-bond donors (Lipinski definition) is 5. The van der Waals surface area contributed by atoms with E-state index in [-0.39, 0.29) is 6.54 Å². The van der Waals surface area contributed by atoms with E-state index in [0.717, 1.165) is 0 Å². The summed E-state index contributed by atoms with van der Waals surface area (Å²) >= 11 is 0. The molecule has 0 aromatic heterocycles. The van der Waals surface area contributed by atoms with Crippen LogP contribution in [0.3, 0.4) is 0 Å². The lowest BCUT2D eigenvalue weighted by Crippen LogP contribution is -2.50. The van der Waals surface area contributed by atoms with Crippen molar-refractivity contribution in [3.8, 4) is 6.07 Å². The average molecular weight is 248 g/mol. The number of nitriles is 1. The van der Waals surface area contributed by atoms with E-state index in [1.54, 1.807) is 14.0 Å². The first-order chi connectivity index (χ1) is 7.84. The maximum Gasteiger partial charge on any atom is 0.111 e. The van der Waals surface area contributed by atoms with Gasteiger partial charge in [0.25, 0.3) is 0 Å². The van der Waals surface area contributed by atoms with Gasteiger partial charge in [-0.25, -0.2) is 0 Å². The van der Waals surface area contributed by atoms with Gasteiger partial charge in [0.1, 0.15) is 18.3 Å². The molecule has 0 radical (unpaired) electrons. The Balaban J connectivity index is 4.31. The summed E-state index contributed by atoms with van der Waals surface area (Å²) < 4.78 is 0. The third-order valence-corrected chi connectivity index (χ3v) is 2.65. The van der Waals surface area contributed by atoms with Crippen LogP contribution in [0.15, 0.2) is 0 Å². The molecule has 0 saturated carbocycles. The van der Waals surface area contributed by atoms with Crippen molar-refractivity contribution in [2.45, 2.75) is 37.4 Å². The van der Waals surface area contributed by atoms with E-state index >= 15 is 0 Å². The van der Waals surface area contributed by atoms with E-state index in [0.29, 0.717) is 0 Å². The molecule has 5 unspecified atom stereocenters. The smallest absolute Gasteiger partial charge is 0.111 e. The van der Waals surface area contributed by atoms with E-state index in [1.807, 2.05) is 6.07 Å². The maximum atomic E-state index is 9.59. The molecule has 100 valence electrons. The molecule has 0 aliphatic heterocycles. The zero-order chi connectivity index (χ0) is 13.6. The maximum absolute atomic E-state index is 9.59. The normalized spacial score (nSPS) is 20.4. The fourth-order valence-corrected chi connectivity index (χ4v) is 1.22. The first kappa shape index (κ1) is 16.2. The lowest BCUT2D eigenvalue weighted by Gasteiger charge is -2.29. The van der Waals surface area contributed by atoms with Gasteiger partial charge in [-0.1, -0.05) is 0 Å². The number of nitrogens with zero attached hydrogens (tertiary/aromatic N) is 2. The Labute approximate surface area is 100 Å². The summed E-state index contributed by atoms with van der Waals surface area (Å²) in [5, 5.41) is 54.8. The van der Waals surface area contributed by atoms with Gasteiger partial charge in [0.05, 0.1) is 24.8 Å². The van der Waals surface area contributed by atoms with E-state index in [2.05, 4.69) is 0 Å². The van der Waals surface area contributed by atoms with E-state index in [4.69, 9.17) is 15.5 Å². The largest absolute Gasteiger partial charge is 0.394 e. The number of hydrogen-bond acceptors (Lipinski definition) is 7. The van der Waals surface area contributed by atoms with Crippen molar-refractivity contribution in [3.63, 3.8) is 0 Å². The van der Waals surface area contributed by atoms with Crippen molar-refractivity contribution >= 4 is 0 Å². The minimum atomic E-state index is -1.64. The molecule has 0 saturated heterocycles. The van der Waals surface area contributed by atoms with Crippen molar-refractivity contribution in [2.75, 3.05) is 20.2 Å². The molecule has 0 heterocycles. The summed E-state index contributed by atoms with van der Waals surface area (Å²) in [4.78, 5) is 1.49. The summed E-state index contributed by atoms with van der Waals surface area (Å²) in [5.41, 5.74) is 0. The Morgan fingerprint density at radius 3 is 2.00 bits per heavy atom. The molecule has 0 fully saturated rings. The second-order valence-electron chi connectivity index (χ2n) is 4.04. The molecule has 5 atom stereocenters. The van der Waals surface area contributed by atoms with Crippen molar-refractivity contribution in [2.24, 2.45) is 0 Å². The van der Waals surface area contributed by atoms with Crippen LogP contribution >= 0.6 is 0 Å². The zero-order valence-electron chi connectivity index (χ0n) is 9.93. The van der Waals surface area contributed by atoms with Gasteiger partial charge in [-0.15, -0.1) is 0 Å². The van der Waals surface area contributed by atoms with Gasteiger partial charge in [0.15, 0.2) is 0 Å². The first-order valence-electron chi connectivity index (χ1n) is 5.28. The van der Waals surface area contributed by atoms with Crippen LogP contribution in [0.25, 0.3) is 0 Å². The topological polar surface area (TPSA) is 128 Å². The average Bonchev–Trinajstić information content (AvgIpc) is 2.34. The SMILES string of the molecule is CC(C#N)N(C)CC(O)C(O)C(O)C(O)CO. The summed E-state index contributed by atoms with van der Waals surface area (Å²) in [7, 11) is 1.58. The Morgan fingerprint density at radius 1 is 1.12 bits per heavy atom. The fraction of sp³-hybridized carbons (Fsp3) is 0.900. The van der Waals surface area contributed by atoms with Gasteiger partial charge in [-0.3, -0.25) is 4.90 Å². The predicted molar refractivity (Wildman–Crippen MR) is 58.8 cm³/mol. The molecule has 0 aliphatic carbocycles. The van der Waals surface area contributed by atoms with Crippen LogP contribution in [-0.4, -0.2) is 81.1 Å². The van der Waals surface area contributed by atoms with Gasteiger partial charge in [-0.05, 0) is 14.0 Å². The number of aliphatic hydroxyl groups excluding tert-OH is 5. The van der Waals surface area contributed by atoms with Crippen molar-refractivity contribution in [1.29, 1.82) is 5.26 Å². The number of aliphatic hydroxyl groups is 5. The predicted octanol–water partition coefficient (Wildman–Crippen LogP) is -2.73. The molecule has 0 spiro atoms. The number of rotatable bonds is 7. The van der Waals surface area contributed by atoms with Crippen LogP contribution in [0.5, 0.6) is 0 Å². The molecule has 5 N–H and O–H groups in total. The Morgan fingerprint density at radius 2 is 1.59 bits per heavy atom. The summed E-state index contributed by atoms with van der Waals surface area (Å²) in [6.07, 6.45) is -6.07. The van der Waals surface area contributed by atoms with Gasteiger partial charge in [0.2, 0.25) is 0 Å². The second kappa shape index (κ2) is 7.55. The lowest BCUT2D eigenvalue weighted by molar-refractivity contribution is -0.119. The van der Waals surface area contributed by atoms with Crippen LogP contribution in [0, 0.1) is 11.3 Å². The monoisotopic (exact) mass is 248 g/mol. The van der Waals surface area contributed by atoms with Gasteiger partial charge >= 0.3 is 0 Å². The molecular weight excluding hydrogens is 228 g/mol. The Hall–Kier alpha value is -0.750. The molecule has 0 bridgehead atoms. The summed E-state index contributed by atoms with van der Waals surface area (Å²) in [6, 6.07) is 1.51. The van der Waals surface area contributed by atoms with Crippen LogP contribution in [0.1, 0.15) is 6.92 Å². The highest BCUT2D eigenvalue weighted by atomic mass is 16.4. The molecule has 7 heteroatoms. The lowest BCUT2D eigenvalue weighted by atomic mass is 10.0. The second-order valence-corrected chi connectivity index (χ2v) is 4.04. The van der Waals surface area contributed by atoms with Crippen LogP contribution in [-0.2, 0) is 0 Å². The molecule has 0 amide bonds. The molecule has 0 rings (SSSR count). The third kappa shape index (κ3) is 4.95. The minimum absolute atomic E-state index is 0.0366. The quantitative estimate of drug-likeness (QED) is 0.331. The minimum Gasteiger partial charge on any atom is -0.394 e. The zero-order valence-corrected chi connectivity index (χ0v) is 9.93. The Kier molecular flexibility index (Phi) is 7.22. The highest BCUT2D eigenvalue weighted by Gasteiger charge is 2.31. The van der Waals surface area contributed by atoms with E-state index in [9.17, 15) is 15.3 Å². The highest BCUT2D eigenvalue weighted by molar-refractivity contribution is 4.89. The van der Waals surface area contributed by atoms with Crippen molar-refractivity contribution < 1.29 is 25.5 Å². The molecule has 0 aromatic rings. The van der Waals surface area contributed by atoms with E-state index < -0.39 is 37.1 Å². The summed E-state index contributed by atoms with van der Waals surface area (Å²) in [6.45, 7) is 0.874. The fourth-order valence-electron chi connectivity index (χ4n) is 1.22. The summed E-state index contributed by atoms with van der Waals surface area (Å²) in [5.74, 6) is 0. The van der Waals surface area contributed by atoms with Crippen LogP contribution in [0.2, 0.25) is 0 Å². The van der Waals surface area contributed by atoms with Gasteiger partial charge < -0.3 is 25.5 Å². The van der Waals surface area contributed by atoms with E-state index in [1.165, 1.54) is 4.90 Å². The molecule has 0 aromatic carbocycles. The van der Waals surface area contributed by atoms with Crippen molar-refractivity contribution in [1.82, 2.24) is 4.90 Å². The standard InChI is InChI=1S/C10H20N2O5/c1-6(3-11)12(2)4-7(14)9(16)10(17)8(15)5-13/h6-10,13-17H,4-5H2,1-2H3. The molecule has 17 heavy (non-hydrogen) atoms. The Bertz CT molecular complexity index is 258. The molecular formula is C10H20N2O5. The van der Waals surface area contributed by atoms with Gasteiger partial charge in [-0.2, -0.15) is 5.26 Å². The van der Waals surface area contributed by atoms with Crippen LogP contribution in [0.4, 0.5) is 0 Å². The molecule has 0 aliphatic rings. The number of likely N-dealkylation sites (N-methyl/N-ethyl adjacent to an activating group) is 1. The van der Waals surface area contributed by atoms with Crippen LogP contribution < -0.4 is 0 Å².